The molecule has 2 aromatic heterocycles. The maximum Gasteiger partial charge on any atom is 0.282 e. The molecule has 1 unspecified atom stereocenters. The lowest BCUT2D eigenvalue weighted by molar-refractivity contribution is -0.141. The molecule has 0 aliphatic carbocycles. The molecule has 4 rings (SSSR count). The van der Waals surface area contributed by atoms with Gasteiger partial charge >= 0.3 is 0 Å². The number of halogens is 3. The van der Waals surface area contributed by atoms with E-state index in [9.17, 15) is 22.8 Å². The summed E-state index contributed by atoms with van der Waals surface area (Å²) < 4.78 is 38.5. The molecule has 1 atom stereocenters. The number of aromatic amines is 1. The van der Waals surface area contributed by atoms with Crippen molar-refractivity contribution in [2.45, 2.75) is 25.6 Å². The largest absolute Gasteiger partial charge is 0.340 e. The zero-order chi connectivity index (χ0) is 22.7. The van der Waals surface area contributed by atoms with Crippen LogP contribution < -0.4 is 0 Å². The molecule has 172 valence electrons. The summed E-state index contributed by atoms with van der Waals surface area (Å²) in [7, 11) is 0. The quantitative estimate of drug-likeness (QED) is 0.705. The van der Waals surface area contributed by atoms with Crippen molar-refractivity contribution >= 4 is 11.8 Å². The first-order valence-corrected chi connectivity index (χ1v) is 10.6. The Morgan fingerprint density at radius 3 is 2.25 bits per heavy atom. The average molecular weight is 450 g/mol. The van der Waals surface area contributed by atoms with Crippen LogP contribution >= 0.6 is 0 Å². The number of hydrogen-bond acceptors (Lipinski definition) is 5. The van der Waals surface area contributed by atoms with Gasteiger partial charge in [0.1, 0.15) is 5.69 Å². The summed E-state index contributed by atoms with van der Waals surface area (Å²) in [6.45, 7) is 1.53. The molecular formula is C21H25F3N6O2. The highest BCUT2D eigenvalue weighted by Gasteiger charge is 2.35. The Bertz CT molecular complexity index is 925. The van der Waals surface area contributed by atoms with Gasteiger partial charge in [0.25, 0.3) is 12.3 Å². The first kappa shape index (κ1) is 22.3. The monoisotopic (exact) mass is 450 g/mol. The van der Waals surface area contributed by atoms with Crippen LogP contribution in [0.15, 0.2) is 30.6 Å². The van der Waals surface area contributed by atoms with Gasteiger partial charge in [-0.1, -0.05) is 0 Å². The number of alkyl halides is 3. The van der Waals surface area contributed by atoms with Crippen LogP contribution in [-0.4, -0.2) is 93.7 Å². The highest BCUT2D eigenvalue weighted by atomic mass is 19.3. The summed E-state index contributed by atoms with van der Waals surface area (Å²) in [6.07, 6.45) is -0.973. The van der Waals surface area contributed by atoms with Crippen molar-refractivity contribution in [2.24, 2.45) is 5.92 Å². The lowest BCUT2D eigenvalue weighted by Gasteiger charge is -2.39. The molecule has 2 aliphatic heterocycles. The minimum Gasteiger partial charge on any atom is -0.340 e. The van der Waals surface area contributed by atoms with Crippen molar-refractivity contribution in [1.29, 1.82) is 0 Å². The number of nitrogens with zero attached hydrogens (tertiary/aromatic N) is 5. The van der Waals surface area contributed by atoms with Crippen molar-refractivity contribution < 1.29 is 22.8 Å². The fourth-order valence-corrected chi connectivity index (χ4v) is 4.21. The van der Waals surface area contributed by atoms with Crippen molar-refractivity contribution in [3.8, 4) is 11.3 Å². The summed E-state index contributed by atoms with van der Waals surface area (Å²) in [4.78, 5) is 34.0. The Hall–Kier alpha value is -2.95. The van der Waals surface area contributed by atoms with Gasteiger partial charge in [-0.15, -0.1) is 0 Å². The normalized spacial score (nSPS) is 19.4. The van der Waals surface area contributed by atoms with Crippen LogP contribution in [0.2, 0.25) is 0 Å². The second kappa shape index (κ2) is 9.68. The number of carbonyl (C=O) groups excluding carboxylic acids is 2. The van der Waals surface area contributed by atoms with Gasteiger partial charge < -0.3 is 9.80 Å². The molecule has 0 aromatic carbocycles. The second-order valence-electron chi connectivity index (χ2n) is 8.04. The molecule has 11 heteroatoms. The Kier molecular flexibility index (Phi) is 6.73. The predicted molar refractivity (Wildman–Crippen MR) is 109 cm³/mol. The van der Waals surface area contributed by atoms with Crippen LogP contribution in [0.1, 0.15) is 23.3 Å². The number of likely N-dealkylation sites (tertiary alicyclic amines) is 1. The molecule has 0 saturated carbocycles. The molecule has 2 fully saturated rings. The van der Waals surface area contributed by atoms with Crippen LogP contribution in [0.5, 0.6) is 0 Å². The van der Waals surface area contributed by atoms with E-state index in [2.05, 4.69) is 15.2 Å². The van der Waals surface area contributed by atoms with E-state index in [0.29, 0.717) is 37.3 Å². The Morgan fingerprint density at radius 1 is 0.969 bits per heavy atom. The number of carbonyl (C=O) groups is 2. The summed E-state index contributed by atoms with van der Waals surface area (Å²) in [5, 5.41) is 6.98. The molecule has 2 aliphatic rings. The topological polar surface area (TPSA) is 85.4 Å². The molecule has 2 aromatic rings. The standard InChI is InChI=1S/C21H25F3N6O2/c22-18(23)19(24)28-9-11-30(12-10-28)20(31)15-3-7-29(8-4-15)21(32)17-13-16(26-27-17)14-1-5-25-6-2-14/h1-2,5-6,13,15,18-19H,3-4,7-12H2,(H,26,27). The number of H-pyrrole nitrogens is 1. The van der Waals surface area contributed by atoms with Crippen LogP contribution in [0.25, 0.3) is 11.3 Å². The van der Waals surface area contributed by atoms with E-state index >= 15 is 0 Å². The Morgan fingerprint density at radius 2 is 1.62 bits per heavy atom. The van der Waals surface area contributed by atoms with Gasteiger partial charge in [-0.2, -0.15) is 5.10 Å². The van der Waals surface area contributed by atoms with E-state index in [0.717, 1.165) is 10.5 Å². The van der Waals surface area contributed by atoms with Gasteiger partial charge in [-0.3, -0.25) is 24.6 Å². The smallest absolute Gasteiger partial charge is 0.282 e. The zero-order valence-corrected chi connectivity index (χ0v) is 17.5. The van der Waals surface area contributed by atoms with Gasteiger partial charge in [0.15, 0.2) is 0 Å². The summed E-state index contributed by atoms with van der Waals surface area (Å²) >= 11 is 0. The molecule has 1 N–H and O–H groups in total. The molecule has 4 heterocycles. The van der Waals surface area contributed by atoms with Crippen LogP contribution in [0, 0.1) is 5.92 Å². The van der Waals surface area contributed by atoms with Crippen LogP contribution in [0.3, 0.4) is 0 Å². The van der Waals surface area contributed by atoms with E-state index in [1.165, 1.54) is 0 Å². The number of aromatic nitrogens is 3. The fourth-order valence-electron chi connectivity index (χ4n) is 4.21. The maximum atomic E-state index is 13.5. The second-order valence-corrected chi connectivity index (χ2v) is 8.04. The molecule has 2 saturated heterocycles. The first-order chi connectivity index (χ1) is 15.4. The molecule has 0 bridgehead atoms. The van der Waals surface area contributed by atoms with E-state index in [-0.39, 0.29) is 43.9 Å². The number of hydrogen-bond donors (Lipinski definition) is 1. The van der Waals surface area contributed by atoms with Gasteiger partial charge in [0.05, 0.1) is 5.69 Å². The SMILES string of the molecule is O=C(c1cc(-c2ccncc2)n[nH]1)N1CCC(C(=O)N2CCN(C(F)C(F)F)CC2)CC1. The van der Waals surface area contributed by atoms with Gasteiger partial charge in [0, 0.05) is 63.1 Å². The molecule has 32 heavy (non-hydrogen) atoms. The molecular weight excluding hydrogens is 425 g/mol. The van der Waals surface area contributed by atoms with Crippen molar-refractivity contribution in [2.75, 3.05) is 39.3 Å². The maximum absolute atomic E-state index is 13.5. The average Bonchev–Trinajstić information content (AvgIpc) is 3.34. The lowest BCUT2D eigenvalue weighted by Crippen LogP contribution is -2.54. The number of piperazine rings is 1. The Balaban J connectivity index is 1.27. The molecule has 8 nitrogen and oxygen atoms in total. The van der Waals surface area contributed by atoms with Crippen LogP contribution in [-0.2, 0) is 4.79 Å². The summed E-state index contributed by atoms with van der Waals surface area (Å²) in [5.41, 5.74) is 1.90. The first-order valence-electron chi connectivity index (χ1n) is 10.6. The third kappa shape index (κ3) is 4.77. The van der Waals surface area contributed by atoms with E-state index in [1.54, 1.807) is 28.3 Å². The third-order valence-electron chi connectivity index (χ3n) is 6.10. The predicted octanol–water partition coefficient (Wildman–Crippen LogP) is 2.03. The number of piperidine rings is 1. The van der Waals surface area contributed by atoms with Crippen molar-refractivity contribution in [1.82, 2.24) is 29.9 Å². The van der Waals surface area contributed by atoms with E-state index in [1.807, 2.05) is 12.1 Å². The van der Waals surface area contributed by atoms with E-state index < -0.39 is 12.7 Å². The Labute approximate surface area is 183 Å². The van der Waals surface area contributed by atoms with Crippen molar-refractivity contribution in [3.63, 3.8) is 0 Å². The third-order valence-corrected chi connectivity index (χ3v) is 6.10. The van der Waals surface area contributed by atoms with E-state index in [4.69, 9.17) is 0 Å². The highest BCUT2D eigenvalue weighted by Crippen LogP contribution is 2.24. The minimum atomic E-state index is -3.05. The fraction of sp³-hybridized carbons (Fsp3) is 0.524. The van der Waals surface area contributed by atoms with Gasteiger partial charge in [0.2, 0.25) is 12.2 Å². The zero-order valence-electron chi connectivity index (χ0n) is 17.5. The molecule has 0 spiro atoms. The number of rotatable bonds is 5. The van der Waals surface area contributed by atoms with Gasteiger partial charge in [-0.25, -0.2) is 13.2 Å². The highest BCUT2D eigenvalue weighted by molar-refractivity contribution is 5.93. The number of pyridine rings is 1. The van der Waals surface area contributed by atoms with Crippen LogP contribution in [0.4, 0.5) is 13.2 Å². The number of nitrogens with one attached hydrogen (secondary N) is 1. The minimum absolute atomic E-state index is 0.0503. The molecule has 0 radical (unpaired) electrons. The lowest BCUT2D eigenvalue weighted by atomic mass is 9.94. The van der Waals surface area contributed by atoms with Gasteiger partial charge in [-0.05, 0) is 31.0 Å². The van der Waals surface area contributed by atoms with Crippen molar-refractivity contribution in [3.05, 3.63) is 36.3 Å². The molecule has 2 amide bonds. The summed E-state index contributed by atoms with van der Waals surface area (Å²) in [6, 6.07) is 5.32. The summed E-state index contributed by atoms with van der Waals surface area (Å²) in [5.74, 6) is -0.444. The number of amides is 2.